The van der Waals surface area contributed by atoms with Crippen molar-refractivity contribution in [2.75, 3.05) is 18.8 Å². The van der Waals surface area contributed by atoms with E-state index >= 15 is 0 Å². The maximum Gasteiger partial charge on any atom is 0.272 e. The van der Waals surface area contributed by atoms with Crippen LogP contribution in [0.1, 0.15) is 16.1 Å². The number of benzene rings is 1. The van der Waals surface area contributed by atoms with Crippen LogP contribution < -0.4 is 5.73 Å². The molecule has 8 heteroatoms. The van der Waals surface area contributed by atoms with Gasteiger partial charge in [-0.3, -0.25) is 9.78 Å². The third kappa shape index (κ3) is 3.46. The number of amides is 1. The van der Waals surface area contributed by atoms with E-state index in [0.717, 1.165) is 16.9 Å². The summed E-state index contributed by atoms with van der Waals surface area (Å²) in [6, 6.07) is 16.4. The van der Waals surface area contributed by atoms with Gasteiger partial charge in [0.1, 0.15) is 11.2 Å². The van der Waals surface area contributed by atoms with Crippen LogP contribution in [0.15, 0.2) is 72.0 Å². The number of amidine groups is 1. The first-order chi connectivity index (χ1) is 15.1. The van der Waals surface area contributed by atoms with E-state index in [1.54, 1.807) is 41.4 Å². The lowest BCUT2D eigenvalue weighted by Gasteiger charge is -2.34. The molecule has 2 aliphatic rings. The van der Waals surface area contributed by atoms with Crippen LogP contribution in [0.5, 0.6) is 0 Å². The van der Waals surface area contributed by atoms with Crippen molar-refractivity contribution in [3.8, 4) is 11.1 Å². The largest absolute Gasteiger partial charge is 0.379 e. The number of aliphatic imine (C=N–C) groups is 1. The minimum atomic E-state index is -0.672. The monoisotopic (exact) mass is 433 g/mol. The van der Waals surface area contributed by atoms with E-state index in [0.29, 0.717) is 29.5 Å². The van der Waals surface area contributed by atoms with E-state index < -0.39 is 11.5 Å². The SMILES string of the molecule is NC1=NC2(c3cccc(-c4cccnc4F)c3)CN(C(=O)c3ccccn3)CC2CS1. The van der Waals surface area contributed by atoms with E-state index in [2.05, 4.69) is 9.97 Å². The van der Waals surface area contributed by atoms with Crippen molar-refractivity contribution < 1.29 is 9.18 Å². The second kappa shape index (κ2) is 7.77. The van der Waals surface area contributed by atoms with Crippen LogP contribution in [0, 0.1) is 11.9 Å². The number of thioether (sulfide) groups is 1. The van der Waals surface area contributed by atoms with Gasteiger partial charge in [0.2, 0.25) is 5.95 Å². The number of hydrogen-bond acceptors (Lipinski definition) is 6. The third-order valence-electron chi connectivity index (χ3n) is 5.89. The van der Waals surface area contributed by atoms with Gasteiger partial charge in [0.15, 0.2) is 5.17 Å². The van der Waals surface area contributed by atoms with E-state index in [-0.39, 0.29) is 11.8 Å². The van der Waals surface area contributed by atoms with Crippen LogP contribution >= 0.6 is 11.8 Å². The second-order valence-electron chi connectivity index (χ2n) is 7.71. The molecule has 5 rings (SSSR count). The summed E-state index contributed by atoms with van der Waals surface area (Å²) in [4.78, 5) is 27.7. The van der Waals surface area contributed by atoms with Crippen molar-refractivity contribution in [3.05, 3.63) is 84.2 Å². The molecule has 0 aliphatic carbocycles. The Balaban J connectivity index is 1.56. The van der Waals surface area contributed by atoms with Gasteiger partial charge in [-0.15, -0.1) is 0 Å². The summed E-state index contributed by atoms with van der Waals surface area (Å²) in [6.45, 7) is 0.956. The highest BCUT2D eigenvalue weighted by Crippen LogP contribution is 2.46. The first-order valence-corrected chi connectivity index (χ1v) is 11.0. The molecule has 4 heterocycles. The number of hydrogen-bond donors (Lipinski definition) is 1. The van der Waals surface area contributed by atoms with Crippen molar-refractivity contribution in [2.45, 2.75) is 5.54 Å². The molecule has 1 aromatic carbocycles. The van der Waals surface area contributed by atoms with Gasteiger partial charge in [0.25, 0.3) is 5.91 Å². The first-order valence-electron chi connectivity index (χ1n) is 9.97. The zero-order valence-electron chi connectivity index (χ0n) is 16.6. The van der Waals surface area contributed by atoms with Gasteiger partial charge in [0.05, 0.1) is 6.54 Å². The molecule has 0 saturated carbocycles. The molecule has 1 saturated heterocycles. The summed E-state index contributed by atoms with van der Waals surface area (Å²) in [6.07, 6.45) is 3.04. The Morgan fingerprint density at radius 1 is 1.13 bits per heavy atom. The van der Waals surface area contributed by atoms with Crippen LogP contribution in [0.3, 0.4) is 0 Å². The zero-order valence-corrected chi connectivity index (χ0v) is 17.4. The average Bonchev–Trinajstić information content (AvgIpc) is 3.19. The summed E-state index contributed by atoms with van der Waals surface area (Å²) in [5.74, 6) is 0.204. The van der Waals surface area contributed by atoms with Gasteiger partial charge in [0, 0.05) is 36.2 Å². The van der Waals surface area contributed by atoms with Gasteiger partial charge >= 0.3 is 0 Å². The fourth-order valence-electron chi connectivity index (χ4n) is 4.39. The highest BCUT2D eigenvalue weighted by Gasteiger charge is 2.51. The second-order valence-corrected chi connectivity index (χ2v) is 8.75. The van der Waals surface area contributed by atoms with Gasteiger partial charge in [-0.1, -0.05) is 36.0 Å². The van der Waals surface area contributed by atoms with E-state index in [4.69, 9.17) is 10.7 Å². The number of fused-ring (bicyclic) bond motifs is 1. The molecule has 1 fully saturated rings. The molecule has 2 aromatic heterocycles. The minimum Gasteiger partial charge on any atom is -0.379 e. The Kier molecular flexibility index (Phi) is 4.94. The third-order valence-corrected chi connectivity index (χ3v) is 6.85. The Bertz CT molecular complexity index is 1170. The normalized spacial score (nSPS) is 22.7. The summed E-state index contributed by atoms with van der Waals surface area (Å²) in [5, 5.41) is 0.501. The molecule has 31 heavy (non-hydrogen) atoms. The quantitative estimate of drug-likeness (QED) is 0.641. The predicted octanol–water partition coefficient (Wildman–Crippen LogP) is 3.31. The molecule has 2 atom stereocenters. The summed E-state index contributed by atoms with van der Waals surface area (Å²) in [7, 11) is 0. The van der Waals surface area contributed by atoms with Crippen LogP contribution in [-0.4, -0.2) is 44.8 Å². The minimum absolute atomic E-state index is 0.0893. The molecule has 1 amide bonds. The molecule has 2 unspecified atom stereocenters. The van der Waals surface area contributed by atoms with Crippen LogP contribution in [0.2, 0.25) is 0 Å². The van der Waals surface area contributed by atoms with Gasteiger partial charge in [-0.25, -0.2) is 9.98 Å². The Morgan fingerprint density at radius 3 is 2.81 bits per heavy atom. The zero-order chi connectivity index (χ0) is 21.4. The number of aromatic nitrogens is 2. The average molecular weight is 434 g/mol. The molecule has 2 aliphatic heterocycles. The Labute approximate surface area is 183 Å². The maximum atomic E-state index is 14.3. The lowest BCUT2D eigenvalue weighted by atomic mass is 9.81. The number of pyridine rings is 2. The van der Waals surface area contributed by atoms with Crippen LogP contribution in [0.4, 0.5) is 4.39 Å². The number of rotatable bonds is 3. The molecular formula is C23H20FN5OS. The van der Waals surface area contributed by atoms with Crippen molar-refractivity contribution in [3.63, 3.8) is 0 Å². The van der Waals surface area contributed by atoms with E-state index in [1.807, 2.05) is 24.3 Å². The highest BCUT2D eigenvalue weighted by molar-refractivity contribution is 8.13. The highest BCUT2D eigenvalue weighted by atomic mass is 32.2. The van der Waals surface area contributed by atoms with Crippen molar-refractivity contribution >= 4 is 22.8 Å². The van der Waals surface area contributed by atoms with E-state index in [9.17, 15) is 9.18 Å². The smallest absolute Gasteiger partial charge is 0.272 e. The van der Waals surface area contributed by atoms with E-state index in [1.165, 1.54) is 18.0 Å². The van der Waals surface area contributed by atoms with Gasteiger partial charge < -0.3 is 10.6 Å². The van der Waals surface area contributed by atoms with Crippen LogP contribution in [0.25, 0.3) is 11.1 Å². The predicted molar refractivity (Wildman–Crippen MR) is 119 cm³/mol. The number of halogens is 1. The lowest BCUT2D eigenvalue weighted by molar-refractivity contribution is 0.0776. The van der Waals surface area contributed by atoms with Crippen molar-refractivity contribution in [1.29, 1.82) is 0 Å². The molecule has 6 nitrogen and oxygen atoms in total. The summed E-state index contributed by atoms with van der Waals surface area (Å²) < 4.78 is 14.3. The Morgan fingerprint density at radius 2 is 2.00 bits per heavy atom. The summed E-state index contributed by atoms with van der Waals surface area (Å²) >= 11 is 1.50. The number of carbonyl (C=O) groups excluding carboxylic acids is 1. The molecular weight excluding hydrogens is 413 g/mol. The fourth-order valence-corrected chi connectivity index (χ4v) is 5.37. The lowest BCUT2D eigenvalue weighted by Crippen LogP contribution is -2.40. The molecule has 2 N–H and O–H groups in total. The van der Waals surface area contributed by atoms with Crippen molar-refractivity contribution in [1.82, 2.24) is 14.9 Å². The topological polar surface area (TPSA) is 84.5 Å². The number of carbonyl (C=O) groups is 1. The first kappa shape index (κ1) is 19.7. The molecule has 0 spiro atoms. The number of nitrogens with two attached hydrogens (primary N) is 1. The molecule has 3 aromatic rings. The standard InChI is InChI=1S/C23H20FN5OS/c24-20-18(7-4-10-27-20)15-5-3-6-16(11-15)23-14-29(12-17(23)13-31-22(25)28-23)21(30)19-8-1-2-9-26-19/h1-11,17H,12-14H2,(H2,25,28). The van der Waals surface area contributed by atoms with Crippen molar-refractivity contribution in [2.24, 2.45) is 16.6 Å². The maximum absolute atomic E-state index is 14.3. The molecule has 0 radical (unpaired) electrons. The van der Waals surface area contributed by atoms with Gasteiger partial charge in [-0.2, -0.15) is 4.39 Å². The Hall–Kier alpha value is -3.26. The number of likely N-dealkylation sites (tertiary alicyclic amines) is 1. The molecule has 0 bridgehead atoms. The molecule has 156 valence electrons. The van der Waals surface area contributed by atoms with Gasteiger partial charge in [-0.05, 0) is 41.5 Å². The number of nitrogens with zero attached hydrogens (tertiary/aromatic N) is 4. The summed E-state index contributed by atoms with van der Waals surface area (Å²) in [5.41, 5.74) is 7.95. The van der Waals surface area contributed by atoms with Crippen LogP contribution in [-0.2, 0) is 5.54 Å². The fraction of sp³-hybridized carbons (Fsp3) is 0.217.